The van der Waals surface area contributed by atoms with Crippen LogP contribution in [0.5, 0.6) is 0 Å². The van der Waals surface area contributed by atoms with Gasteiger partial charge in [-0.15, -0.1) is 0 Å². The molecular formula is C19H30N2O. The molecule has 1 heterocycles. The third kappa shape index (κ3) is 5.13. The van der Waals surface area contributed by atoms with Gasteiger partial charge >= 0.3 is 0 Å². The number of carbonyl (C=O) groups is 1. The van der Waals surface area contributed by atoms with Crippen LogP contribution in [0.15, 0.2) is 30.3 Å². The molecule has 1 unspecified atom stereocenters. The number of amides is 1. The molecule has 22 heavy (non-hydrogen) atoms. The molecule has 0 spiro atoms. The van der Waals surface area contributed by atoms with Crippen LogP contribution in [0, 0.1) is 5.92 Å². The van der Waals surface area contributed by atoms with Crippen molar-refractivity contribution in [1.29, 1.82) is 0 Å². The van der Waals surface area contributed by atoms with Crippen LogP contribution in [0.4, 0.5) is 0 Å². The molecule has 1 atom stereocenters. The second-order valence-electron chi connectivity index (χ2n) is 6.85. The van der Waals surface area contributed by atoms with Gasteiger partial charge in [-0.05, 0) is 38.2 Å². The monoisotopic (exact) mass is 302 g/mol. The molecule has 0 radical (unpaired) electrons. The Bertz CT molecular complexity index is 450. The maximum absolute atomic E-state index is 12.0. The Kier molecular flexibility index (Phi) is 6.44. The molecule has 2 rings (SSSR count). The largest absolute Gasteiger partial charge is 0.342 e. The number of hydrogen-bond acceptors (Lipinski definition) is 2. The second kappa shape index (κ2) is 8.33. The number of piperidine rings is 1. The SMILES string of the molecule is CC(CCc1ccccc1)NC1CCN(C(=O)C(C)C)CC1. The molecule has 1 saturated heterocycles. The van der Waals surface area contributed by atoms with Crippen molar-refractivity contribution in [2.24, 2.45) is 5.92 Å². The van der Waals surface area contributed by atoms with Crippen LogP contribution in [-0.4, -0.2) is 36.0 Å². The maximum atomic E-state index is 12.0. The molecule has 1 N–H and O–H groups in total. The van der Waals surface area contributed by atoms with Gasteiger partial charge in [0.1, 0.15) is 0 Å². The Morgan fingerprint density at radius 3 is 2.41 bits per heavy atom. The molecule has 3 heteroatoms. The summed E-state index contributed by atoms with van der Waals surface area (Å²) in [5.41, 5.74) is 1.41. The third-order valence-electron chi connectivity index (χ3n) is 4.53. The van der Waals surface area contributed by atoms with Crippen LogP contribution in [0.25, 0.3) is 0 Å². The van der Waals surface area contributed by atoms with E-state index >= 15 is 0 Å². The molecule has 1 amide bonds. The summed E-state index contributed by atoms with van der Waals surface area (Å²) in [6, 6.07) is 11.8. The molecule has 0 aliphatic carbocycles. The summed E-state index contributed by atoms with van der Waals surface area (Å²) < 4.78 is 0. The van der Waals surface area contributed by atoms with Gasteiger partial charge in [0.05, 0.1) is 0 Å². The van der Waals surface area contributed by atoms with Gasteiger partial charge in [0.2, 0.25) is 5.91 Å². The molecular weight excluding hydrogens is 272 g/mol. The van der Waals surface area contributed by atoms with E-state index in [0.29, 0.717) is 18.0 Å². The topological polar surface area (TPSA) is 32.3 Å². The zero-order chi connectivity index (χ0) is 15.9. The first kappa shape index (κ1) is 17.0. The highest BCUT2D eigenvalue weighted by Crippen LogP contribution is 2.15. The molecule has 0 saturated carbocycles. The highest BCUT2D eigenvalue weighted by atomic mass is 16.2. The van der Waals surface area contributed by atoms with E-state index in [0.717, 1.165) is 38.8 Å². The van der Waals surface area contributed by atoms with Gasteiger partial charge in [-0.25, -0.2) is 0 Å². The fourth-order valence-electron chi connectivity index (χ4n) is 3.15. The Labute approximate surface area is 135 Å². The quantitative estimate of drug-likeness (QED) is 0.875. The zero-order valence-corrected chi connectivity index (χ0v) is 14.2. The van der Waals surface area contributed by atoms with Gasteiger partial charge in [-0.1, -0.05) is 44.2 Å². The predicted octanol–water partition coefficient (Wildman–Crippen LogP) is 3.24. The van der Waals surface area contributed by atoms with Crippen molar-refractivity contribution in [2.45, 2.75) is 58.5 Å². The van der Waals surface area contributed by atoms with Crippen molar-refractivity contribution >= 4 is 5.91 Å². The summed E-state index contributed by atoms with van der Waals surface area (Å²) in [7, 11) is 0. The van der Waals surface area contributed by atoms with Gasteiger partial charge in [0, 0.05) is 31.1 Å². The summed E-state index contributed by atoms with van der Waals surface area (Å²) in [5.74, 6) is 0.421. The van der Waals surface area contributed by atoms with Gasteiger partial charge in [0.25, 0.3) is 0 Å². The van der Waals surface area contributed by atoms with Gasteiger partial charge in [-0.2, -0.15) is 0 Å². The summed E-state index contributed by atoms with van der Waals surface area (Å²) >= 11 is 0. The van der Waals surface area contributed by atoms with E-state index in [4.69, 9.17) is 0 Å². The Morgan fingerprint density at radius 1 is 1.18 bits per heavy atom. The smallest absolute Gasteiger partial charge is 0.225 e. The van der Waals surface area contributed by atoms with Crippen LogP contribution < -0.4 is 5.32 Å². The number of nitrogens with one attached hydrogen (secondary N) is 1. The van der Waals surface area contributed by atoms with E-state index in [1.807, 2.05) is 18.7 Å². The van der Waals surface area contributed by atoms with E-state index in [1.54, 1.807) is 0 Å². The summed E-state index contributed by atoms with van der Waals surface area (Å²) in [6.07, 6.45) is 4.44. The normalized spacial score (nSPS) is 17.7. The molecule has 1 fully saturated rings. The van der Waals surface area contributed by atoms with Crippen molar-refractivity contribution in [1.82, 2.24) is 10.2 Å². The molecule has 1 aromatic carbocycles. The highest BCUT2D eigenvalue weighted by Gasteiger charge is 2.24. The zero-order valence-electron chi connectivity index (χ0n) is 14.2. The Morgan fingerprint density at radius 2 is 1.82 bits per heavy atom. The fourth-order valence-corrected chi connectivity index (χ4v) is 3.15. The molecule has 1 aliphatic rings. The van der Waals surface area contributed by atoms with E-state index in [1.165, 1.54) is 5.56 Å². The predicted molar refractivity (Wildman–Crippen MR) is 91.8 cm³/mol. The number of rotatable bonds is 6. The second-order valence-corrected chi connectivity index (χ2v) is 6.85. The molecule has 1 aromatic rings. The summed E-state index contributed by atoms with van der Waals surface area (Å²) in [6.45, 7) is 8.05. The van der Waals surface area contributed by atoms with Gasteiger partial charge in [0.15, 0.2) is 0 Å². The van der Waals surface area contributed by atoms with Gasteiger partial charge < -0.3 is 10.2 Å². The number of benzene rings is 1. The van der Waals surface area contributed by atoms with Crippen LogP contribution in [0.1, 0.15) is 45.6 Å². The minimum atomic E-state index is 0.120. The third-order valence-corrected chi connectivity index (χ3v) is 4.53. The van der Waals surface area contributed by atoms with Crippen LogP contribution in [0.3, 0.4) is 0 Å². The Balaban J connectivity index is 1.68. The van der Waals surface area contributed by atoms with E-state index in [9.17, 15) is 4.79 Å². The van der Waals surface area contributed by atoms with E-state index < -0.39 is 0 Å². The lowest BCUT2D eigenvalue weighted by Crippen LogP contribution is -2.48. The van der Waals surface area contributed by atoms with Crippen molar-refractivity contribution in [3.63, 3.8) is 0 Å². The number of carbonyl (C=O) groups excluding carboxylic acids is 1. The fraction of sp³-hybridized carbons (Fsp3) is 0.632. The molecule has 0 aromatic heterocycles. The van der Waals surface area contributed by atoms with Crippen LogP contribution in [-0.2, 0) is 11.2 Å². The average Bonchev–Trinajstić information content (AvgIpc) is 2.54. The maximum Gasteiger partial charge on any atom is 0.225 e. The van der Waals surface area contributed by atoms with Crippen LogP contribution >= 0.6 is 0 Å². The molecule has 122 valence electrons. The minimum absolute atomic E-state index is 0.120. The van der Waals surface area contributed by atoms with Crippen molar-refractivity contribution in [3.8, 4) is 0 Å². The number of hydrogen-bond donors (Lipinski definition) is 1. The lowest BCUT2D eigenvalue weighted by atomic mass is 10.0. The van der Waals surface area contributed by atoms with Crippen molar-refractivity contribution in [2.75, 3.05) is 13.1 Å². The number of aryl methyl sites for hydroxylation is 1. The summed E-state index contributed by atoms with van der Waals surface area (Å²) in [4.78, 5) is 14.0. The van der Waals surface area contributed by atoms with Gasteiger partial charge in [-0.3, -0.25) is 4.79 Å². The highest BCUT2D eigenvalue weighted by molar-refractivity contribution is 5.78. The van der Waals surface area contributed by atoms with Crippen molar-refractivity contribution < 1.29 is 4.79 Å². The minimum Gasteiger partial charge on any atom is -0.342 e. The lowest BCUT2D eigenvalue weighted by Gasteiger charge is -2.35. The molecule has 1 aliphatic heterocycles. The number of likely N-dealkylation sites (tertiary alicyclic amines) is 1. The van der Waals surface area contributed by atoms with Crippen molar-refractivity contribution in [3.05, 3.63) is 35.9 Å². The molecule has 3 nitrogen and oxygen atoms in total. The summed E-state index contributed by atoms with van der Waals surface area (Å²) in [5, 5.41) is 3.74. The molecule has 0 bridgehead atoms. The first-order chi connectivity index (χ1) is 10.6. The average molecular weight is 302 g/mol. The van der Waals surface area contributed by atoms with E-state index in [2.05, 4.69) is 42.6 Å². The first-order valence-electron chi connectivity index (χ1n) is 8.65. The van der Waals surface area contributed by atoms with E-state index in [-0.39, 0.29) is 5.92 Å². The van der Waals surface area contributed by atoms with Crippen LogP contribution in [0.2, 0.25) is 0 Å². The Hall–Kier alpha value is -1.35. The number of nitrogens with zero attached hydrogens (tertiary/aromatic N) is 1. The lowest BCUT2D eigenvalue weighted by molar-refractivity contribution is -0.135. The standard InChI is InChI=1S/C19H30N2O/c1-15(2)19(22)21-13-11-18(12-14-21)20-16(3)9-10-17-7-5-4-6-8-17/h4-8,15-16,18,20H,9-14H2,1-3H3. The first-order valence-corrected chi connectivity index (χ1v) is 8.65.